The first kappa shape index (κ1) is 27.8. The molecule has 0 unspecified atom stereocenters. The highest BCUT2D eigenvalue weighted by Gasteiger charge is 2.51. The van der Waals surface area contributed by atoms with Crippen LogP contribution in [0.3, 0.4) is 0 Å². The zero-order valence-electron chi connectivity index (χ0n) is 19.6. The molecule has 0 amide bonds. The van der Waals surface area contributed by atoms with Crippen LogP contribution >= 0.6 is 14.5 Å². The molecule has 0 aliphatic carbocycles. The van der Waals surface area contributed by atoms with E-state index >= 15 is 0 Å². The van der Waals surface area contributed by atoms with Crippen molar-refractivity contribution in [3.63, 3.8) is 0 Å². The van der Waals surface area contributed by atoms with E-state index in [1.807, 2.05) is 0 Å². The van der Waals surface area contributed by atoms with Crippen molar-refractivity contribution >= 4 is 14.5 Å². The summed E-state index contributed by atoms with van der Waals surface area (Å²) in [6.45, 7) is 14.3. The highest BCUT2D eigenvalue weighted by molar-refractivity contribution is 7.77. The van der Waals surface area contributed by atoms with Crippen molar-refractivity contribution in [3.8, 4) is 0 Å². The van der Waals surface area contributed by atoms with Crippen molar-refractivity contribution in [3.05, 3.63) is 0 Å². The van der Waals surface area contributed by atoms with Crippen LogP contribution in [0.15, 0.2) is 0 Å². The molecule has 164 valence electrons. The van der Waals surface area contributed by atoms with Crippen LogP contribution in [0.2, 0.25) is 0 Å². The molecule has 0 rings (SSSR count). The van der Waals surface area contributed by atoms with E-state index in [1.54, 1.807) is 0 Å². The molecule has 0 saturated carbocycles. The summed E-state index contributed by atoms with van der Waals surface area (Å²) in [6, 6.07) is 0. The second kappa shape index (κ2) is 14.7. The number of aliphatic hydroxyl groups is 2. The van der Waals surface area contributed by atoms with Gasteiger partial charge in [0.25, 0.3) is 0 Å². The van der Waals surface area contributed by atoms with Gasteiger partial charge in [-0.2, -0.15) is 0 Å². The number of hydrogen-bond acceptors (Lipinski definition) is 2. The molecule has 2 nitrogen and oxygen atoms in total. The van der Waals surface area contributed by atoms with Gasteiger partial charge in [0.2, 0.25) is 0 Å². The Labute approximate surface area is 173 Å². The van der Waals surface area contributed by atoms with Crippen molar-refractivity contribution in [1.82, 2.24) is 0 Å². The highest BCUT2D eigenvalue weighted by Crippen LogP contribution is 2.68. The highest BCUT2D eigenvalue weighted by atomic mass is 31.2. The van der Waals surface area contributed by atoms with E-state index in [2.05, 4.69) is 41.5 Å². The van der Waals surface area contributed by atoms with Crippen LogP contribution in [0.25, 0.3) is 0 Å². The van der Waals surface area contributed by atoms with Gasteiger partial charge in [0.05, 0.1) is 67.9 Å². The summed E-state index contributed by atoms with van der Waals surface area (Å²) in [5.74, 6) is 0. The zero-order chi connectivity index (χ0) is 20.8. The molecule has 0 atom stereocenters. The molecule has 0 saturated heterocycles. The molecule has 0 aromatic rings. The van der Waals surface area contributed by atoms with E-state index in [-0.39, 0.29) is 18.6 Å². The van der Waals surface area contributed by atoms with Crippen molar-refractivity contribution in [2.24, 2.45) is 5.41 Å². The first-order valence-electron chi connectivity index (χ1n) is 11.8. The van der Waals surface area contributed by atoms with E-state index in [9.17, 15) is 10.2 Å². The fourth-order valence-electron chi connectivity index (χ4n) is 5.71. The van der Waals surface area contributed by atoms with Crippen LogP contribution in [-0.2, 0) is 0 Å². The molecule has 0 aliphatic rings. The lowest BCUT2D eigenvalue weighted by Crippen LogP contribution is -2.42. The summed E-state index contributed by atoms with van der Waals surface area (Å²) in [5.41, 5.74) is -0.236. The zero-order valence-corrected chi connectivity index (χ0v) is 21.4. The summed E-state index contributed by atoms with van der Waals surface area (Å²) in [7, 11) is -2.19. The molecule has 27 heavy (non-hydrogen) atoms. The maximum absolute atomic E-state index is 10.6. The molecule has 0 spiro atoms. The van der Waals surface area contributed by atoms with Gasteiger partial charge >= 0.3 is 0 Å². The fraction of sp³-hybridized carbons (Fsp3) is 1.00. The summed E-state index contributed by atoms with van der Waals surface area (Å²) < 4.78 is 0. The molecule has 0 aromatic heterocycles. The lowest BCUT2D eigenvalue weighted by molar-refractivity contribution is 0.0904. The third-order valence-electron chi connectivity index (χ3n) is 6.20. The largest absolute Gasteiger partial charge is 0.395 e. The Bertz CT molecular complexity index is 292. The SMILES string of the molecule is CCC[P+](CCC)(CCC)CC(CO)(CO)C[P+](CCC)(CCC)CCC. The number of rotatable bonds is 18. The molecule has 0 aromatic carbocycles. The summed E-state index contributed by atoms with van der Waals surface area (Å²) in [4.78, 5) is 0. The third-order valence-corrected chi connectivity index (χ3v) is 17.3. The molecule has 2 N–H and O–H groups in total. The molecule has 4 heteroatoms. The Morgan fingerprint density at radius 1 is 0.481 bits per heavy atom. The predicted octanol–water partition coefficient (Wildman–Crippen LogP) is 6.45. The Hall–Kier alpha value is 0.780. The Morgan fingerprint density at radius 3 is 0.852 bits per heavy atom. The van der Waals surface area contributed by atoms with Crippen molar-refractivity contribution in [2.45, 2.75) is 80.1 Å². The number of hydrogen-bond donors (Lipinski definition) is 2. The van der Waals surface area contributed by atoms with Crippen LogP contribution < -0.4 is 0 Å². The van der Waals surface area contributed by atoms with Crippen molar-refractivity contribution in [2.75, 3.05) is 62.5 Å². The molecular weight excluding hydrogens is 370 g/mol. The van der Waals surface area contributed by atoms with Gasteiger partial charge in [-0.15, -0.1) is 0 Å². The minimum atomic E-state index is -1.10. The van der Waals surface area contributed by atoms with Gasteiger partial charge in [0.15, 0.2) is 0 Å². The Kier molecular flexibility index (Phi) is 15.1. The van der Waals surface area contributed by atoms with Gasteiger partial charge in [0, 0.05) is 14.5 Å². The quantitative estimate of drug-likeness (QED) is 0.249. The lowest BCUT2D eigenvalue weighted by Gasteiger charge is -2.41. The second-order valence-electron chi connectivity index (χ2n) is 9.16. The van der Waals surface area contributed by atoms with Crippen LogP contribution in [0.5, 0.6) is 0 Å². The van der Waals surface area contributed by atoms with E-state index in [0.29, 0.717) is 0 Å². The van der Waals surface area contributed by atoms with Gasteiger partial charge < -0.3 is 10.2 Å². The molecule has 0 aliphatic heterocycles. The maximum atomic E-state index is 10.6. The lowest BCUT2D eigenvalue weighted by atomic mass is 9.96. The maximum Gasteiger partial charge on any atom is 0.0834 e. The molecule has 0 fully saturated rings. The summed E-state index contributed by atoms with van der Waals surface area (Å²) >= 11 is 0. The van der Waals surface area contributed by atoms with Crippen LogP contribution in [-0.4, -0.2) is 72.7 Å². The monoisotopic (exact) mass is 422 g/mol. The number of aliphatic hydroxyl groups excluding tert-OH is 2. The van der Waals surface area contributed by atoms with E-state index < -0.39 is 14.5 Å². The predicted molar refractivity (Wildman–Crippen MR) is 131 cm³/mol. The van der Waals surface area contributed by atoms with Crippen molar-refractivity contribution in [1.29, 1.82) is 0 Å². The van der Waals surface area contributed by atoms with E-state index in [4.69, 9.17) is 0 Å². The molecule has 0 radical (unpaired) electrons. The average Bonchev–Trinajstić information content (AvgIpc) is 2.62. The molecule has 0 bridgehead atoms. The second-order valence-corrected chi connectivity index (χ2v) is 17.8. The Morgan fingerprint density at radius 2 is 0.704 bits per heavy atom. The first-order valence-corrected chi connectivity index (χ1v) is 16.9. The van der Waals surface area contributed by atoms with Crippen LogP contribution in [0, 0.1) is 5.41 Å². The standard InChI is InChI=1S/C23H52O2P2/c1-7-13-26(14-8-2,15-9-3)21-23(19-24,20-25)22-27(16-10-4,17-11-5)18-12-6/h24-25H,7-22H2,1-6H3/q+2. The molecular formula is C23H52O2P2+2. The third kappa shape index (κ3) is 8.99. The molecule has 0 heterocycles. The van der Waals surface area contributed by atoms with Crippen LogP contribution in [0.4, 0.5) is 0 Å². The van der Waals surface area contributed by atoms with Crippen molar-refractivity contribution < 1.29 is 10.2 Å². The topological polar surface area (TPSA) is 40.5 Å². The van der Waals surface area contributed by atoms with Gasteiger partial charge in [-0.3, -0.25) is 0 Å². The van der Waals surface area contributed by atoms with Gasteiger partial charge in [-0.05, 0) is 38.5 Å². The summed E-state index contributed by atoms with van der Waals surface area (Å²) in [6.07, 6.45) is 17.8. The minimum absolute atomic E-state index is 0.182. The van der Waals surface area contributed by atoms with Gasteiger partial charge in [0.1, 0.15) is 0 Å². The van der Waals surface area contributed by atoms with E-state index in [1.165, 1.54) is 75.5 Å². The van der Waals surface area contributed by atoms with Crippen LogP contribution in [0.1, 0.15) is 80.1 Å². The van der Waals surface area contributed by atoms with Gasteiger partial charge in [-0.1, -0.05) is 41.5 Å². The smallest absolute Gasteiger partial charge is 0.0834 e. The minimum Gasteiger partial charge on any atom is -0.395 e. The first-order chi connectivity index (χ1) is 12.9. The van der Waals surface area contributed by atoms with Gasteiger partial charge in [-0.25, -0.2) is 0 Å². The average molecular weight is 423 g/mol. The van der Waals surface area contributed by atoms with E-state index in [0.717, 1.165) is 12.3 Å². The fourth-order valence-corrected chi connectivity index (χ4v) is 17.3. The summed E-state index contributed by atoms with van der Waals surface area (Å²) in [5, 5.41) is 21.2. The normalized spacial score (nSPS) is 13.3. The Balaban J connectivity index is 5.87.